The van der Waals surface area contributed by atoms with Crippen molar-refractivity contribution in [1.29, 1.82) is 0 Å². The second-order valence-corrected chi connectivity index (χ2v) is 8.07. The number of rotatable bonds is 18. The summed E-state index contributed by atoms with van der Waals surface area (Å²) in [4.78, 5) is 23.0. The first-order chi connectivity index (χ1) is 14.1. The Hall–Kier alpha value is -1.91. The average Bonchev–Trinajstić information content (AvgIpc) is 2.71. The molecule has 1 rings (SSSR count). The summed E-state index contributed by atoms with van der Waals surface area (Å²) in [5.41, 5.74) is 0.733. The third-order valence-electron chi connectivity index (χ3n) is 5.45. The van der Waals surface area contributed by atoms with Gasteiger partial charge in [-0.1, -0.05) is 95.8 Å². The van der Waals surface area contributed by atoms with Gasteiger partial charge in [-0.25, -0.2) is 0 Å². The van der Waals surface area contributed by atoms with Crippen molar-refractivity contribution >= 4 is 11.6 Å². The predicted octanol–water partition coefficient (Wildman–Crippen LogP) is 7.14. The molecule has 0 fully saturated rings. The molecule has 0 heterocycles. The number of carbonyl (C=O) groups is 1. The van der Waals surface area contributed by atoms with E-state index in [2.05, 4.69) is 12.2 Å². The van der Waals surface area contributed by atoms with Crippen molar-refractivity contribution in [3.05, 3.63) is 40.4 Å². The molecular formula is C24H40N2O3. The first-order valence-corrected chi connectivity index (χ1v) is 11.6. The van der Waals surface area contributed by atoms with Gasteiger partial charge >= 0.3 is 0 Å². The number of para-hydroxylation sites is 1. The largest absolute Gasteiger partial charge is 0.326 e. The third kappa shape index (κ3) is 13.8. The van der Waals surface area contributed by atoms with Gasteiger partial charge in [0, 0.05) is 29.9 Å². The Morgan fingerprint density at radius 3 is 1.90 bits per heavy atom. The number of anilines is 1. The SMILES string of the molecule is CCCCCCCCCCCCCCC(CCC(=O)Nc1ccccc1)[N+](=O)[O-]. The molecule has 5 nitrogen and oxygen atoms in total. The molecule has 0 aromatic heterocycles. The number of hydrogen-bond donors (Lipinski definition) is 1. The highest BCUT2D eigenvalue weighted by atomic mass is 16.6. The minimum atomic E-state index is -0.611. The van der Waals surface area contributed by atoms with E-state index in [-0.39, 0.29) is 17.3 Å². The Bertz CT molecular complexity index is 548. The van der Waals surface area contributed by atoms with Crippen LogP contribution in [0.3, 0.4) is 0 Å². The summed E-state index contributed by atoms with van der Waals surface area (Å²) in [7, 11) is 0. The number of nitrogens with one attached hydrogen (secondary N) is 1. The fourth-order valence-electron chi connectivity index (χ4n) is 3.62. The van der Waals surface area contributed by atoms with Crippen LogP contribution in [0.4, 0.5) is 5.69 Å². The topological polar surface area (TPSA) is 72.2 Å². The fourth-order valence-corrected chi connectivity index (χ4v) is 3.62. The molecule has 1 amide bonds. The van der Waals surface area contributed by atoms with Crippen LogP contribution in [0, 0.1) is 10.1 Å². The smallest absolute Gasteiger partial charge is 0.224 e. The summed E-state index contributed by atoms with van der Waals surface area (Å²) in [5, 5.41) is 14.1. The Kier molecular flexibility index (Phi) is 14.7. The molecule has 0 bridgehead atoms. The normalized spacial score (nSPS) is 11.9. The Morgan fingerprint density at radius 2 is 1.38 bits per heavy atom. The van der Waals surface area contributed by atoms with Gasteiger partial charge < -0.3 is 5.32 Å². The molecule has 0 radical (unpaired) electrons. The van der Waals surface area contributed by atoms with Crippen LogP contribution in [0.5, 0.6) is 0 Å². The molecule has 0 aliphatic carbocycles. The number of hydrogen-bond acceptors (Lipinski definition) is 3. The summed E-state index contributed by atoms with van der Waals surface area (Å²) in [6.45, 7) is 2.25. The molecule has 0 aliphatic heterocycles. The highest BCUT2D eigenvalue weighted by Gasteiger charge is 2.20. The van der Waals surface area contributed by atoms with Crippen LogP contribution in [-0.2, 0) is 4.79 Å². The van der Waals surface area contributed by atoms with Crippen molar-refractivity contribution in [3.8, 4) is 0 Å². The first-order valence-electron chi connectivity index (χ1n) is 11.6. The zero-order valence-corrected chi connectivity index (χ0v) is 18.2. The molecule has 1 aromatic carbocycles. The van der Waals surface area contributed by atoms with E-state index >= 15 is 0 Å². The molecule has 1 atom stereocenters. The van der Waals surface area contributed by atoms with Gasteiger partial charge in [0.05, 0.1) is 0 Å². The van der Waals surface area contributed by atoms with Crippen molar-refractivity contribution in [2.45, 2.75) is 109 Å². The Balaban J connectivity index is 2.04. The van der Waals surface area contributed by atoms with Crippen LogP contribution in [0.2, 0.25) is 0 Å². The number of unbranched alkanes of at least 4 members (excludes halogenated alkanes) is 11. The molecule has 29 heavy (non-hydrogen) atoms. The molecular weight excluding hydrogens is 364 g/mol. The van der Waals surface area contributed by atoms with E-state index in [1.165, 1.54) is 57.8 Å². The van der Waals surface area contributed by atoms with E-state index < -0.39 is 6.04 Å². The maximum atomic E-state index is 12.0. The molecule has 5 heteroatoms. The molecule has 164 valence electrons. The molecule has 0 spiro atoms. The van der Waals surface area contributed by atoms with E-state index in [1.807, 2.05) is 30.3 Å². The van der Waals surface area contributed by atoms with E-state index in [1.54, 1.807) is 0 Å². The van der Waals surface area contributed by atoms with Gasteiger partial charge in [0.15, 0.2) is 0 Å². The van der Waals surface area contributed by atoms with Crippen molar-refractivity contribution in [3.63, 3.8) is 0 Å². The predicted molar refractivity (Wildman–Crippen MR) is 121 cm³/mol. The molecule has 1 N–H and O–H groups in total. The van der Waals surface area contributed by atoms with E-state index in [9.17, 15) is 14.9 Å². The number of amides is 1. The Morgan fingerprint density at radius 1 is 0.862 bits per heavy atom. The average molecular weight is 405 g/mol. The lowest BCUT2D eigenvalue weighted by Gasteiger charge is -2.10. The molecule has 0 saturated carbocycles. The summed E-state index contributed by atoms with van der Waals surface area (Å²) >= 11 is 0. The van der Waals surface area contributed by atoms with Crippen LogP contribution in [0.25, 0.3) is 0 Å². The van der Waals surface area contributed by atoms with Crippen LogP contribution >= 0.6 is 0 Å². The first kappa shape index (κ1) is 25.1. The van der Waals surface area contributed by atoms with Gasteiger partial charge in [-0.15, -0.1) is 0 Å². The summed E-state index contributed by atoms with van der Waals surface area (Å²) < 4.78 is 0. The lowest BCUT2D eigenvalue weighted by atomic mass is 10.0. The second-order valence-electron chi connectivity index (χ2n) is 8.07. The number of carbonyl (C=O) groups excluding carboxylic acids is 1. The third-order valence-corrected chi connectivity index (χ3v) is 5.45. The standard InChI is InChI=1S/C24H40N2O3/c1-2-3-4-5-6-7-8-9-10-11-12-16-19-23(26(28)29)20-21-24(27)25-22-17-14-13-15-18-22/h13-15,17-18,23H,2-12,16,19-21H2,1H3,(H,25,27). The van der Waals surface area contributed by atoms with E-state index in [0.29, 0.717) is 12.8 Å². The van der Waals surface area contributed by atoms with Crippen LogP contribution in [-0.4, -0.2) is 16.9 Å². The van der Waals surface area contributed by atoms with E-state index in [4.69, 9.17) is 0 Å². The minimum Gasteiger partial charge on any atom is -0.326 e. The van der Waals surface area contributed by atoms with E-state index in [0.717, 1.165) is 24.9 Å². The highest BCUT2D eigenvalue weighted by Crippen LogP contribution is 2.16. The number of benzene rings is 1. The second kappa shape index (κ2) is 17.0. The van der Waals surface area contributed by atoms with Crippen molar-refractivity contribution in [2.75, 3.05) is 5.32 Å². The minimum absolute atomic E-state index is 0.155. The maximum absolute atomic E-state index is 12.0. The molecule has 1 unspecified atom stereocenters. The van der Waals surface area contributed by atoms with Gasteiger partial charge in [0.2, 0.25) is 11.9 Å². The van der Waals surface area contributed by atoms with Gasteiger partial charge in [-0.3, -0.25) is 14.9 Å². The van der Waals surface area contributed by atoms with Crippen molar-refractivity contribution in [1.82, 2.24) is 0 Å². The van der Waals surface area contributed by atoms with Crippen LogP contribution in [0.15, 0.2) is 30.3 Å². The molecule has 0 aliphatic rings. The number of nitro groups is 1. The maximum Gasteiger partial charge on any atom is 0.224 e. The van der Waals surface area contributed by atoms with Crippen molar-refractivity contribution < 1.29 is 9.72 Å². The number of nitrogens with zero attached hydrogens (tertiary/aromatic N) is 1. The van der Waals surface area contributed by atoms with Gasteiger partial charge in [-0.2, -0.15) is 0 Å². The molecule has 0 saturated heterocycles. The Labute approximate surface area is 176 Å². The van der Waals surface area contributed by atoms with Gasteiger partial charge in [0.25, 0.3) is 0 Å². The lowest BCUT2D eigenvalue weighted by Crippen LogP contribution is -2.22. The summed E-state index contributed by atoms with van der Waals surface area (Å²) in [5.74, 6) is -0.155. The fraction of sp³-hybridized carbons (Fsp3) is 0.708. The molecule has 1 aromatic rings. The van der Waals surface area contributed by atoms with Crippen LogP contribution < -0.4 is 5.32 Å². The summed E-state index contributed by atoms with van der Waals surface area (Å²) in [6.07, 6.45) is 16.1. The highest BCUT2D eigenvalue weighted by molar-refractivity contribution is 5.90. The monoisotopic (exact) mass is 404 g/mol. The van der Waals surface area contributed by atoms with Crippen molar-refractivity contribution in [2.24, 2.45) is 0 Å². The van der Waals surface area contributed by atoms with Gasteiger partial charge in [-0.05, 0) is 18.6 Å². The zero-order valence-electron chi connectivity index (χ0n) is 18.2. The quantitative estimate of drug-likeness (QED) is 0.160. The lowest BCUT2D eigenvalue weighted by molar-refractivity contribution is -0.524. The summed E-state index contributed by atoms with van der Waals surface area (Å²) in [6, 6.07) is 8.60. The van der Waals surface area contributed by atoms with Crippen LogP contribution in [0.1, 0.15) is 103 Å². The van der Waals surface area contributed by atoms with Gasteiger partial charge in [0.1, 0.15) is 0 Å². The zero-order chi connectivity index (χ0) is 21.2.